The first-order chi connectivity index (χ1) is 7.24. The van der Waals surface area contributed by atoms with E-state index < -0.39 is 0 Å². The minimum Gasteiger partial charge on any atom is -0.324 e. The SMILES string of the molecule is CCCCCCCC(N)c1csc(C)c1. The largest absolute Gasteiger partial charge is 0.324 e. The summed E-state index contributed by atoms with van der Waals surface area (Å²) in [6.45, 7) is 4.39. The lowest BCUT2D eigenvalue weighted by Crippen LogP contribution is -2.08. The Hall–Kier alpha value is -0.340. The van der Waals surface area contributed by atoms with Gasteiger partial charge in [-0.1, -0.05) is 39.0 Å². The average molecular weight is 225 g/mol. The molecule has 0 aliphatic carbocycles. The van der Waals surface area contributed by atoms with Crippen LogP contribution in [0.1, 0.15) is 61.9 Å². The van der Waals surface area contributed by atoms with Crippen LogP contribution in [0, 0.1) is 6.92 Å². The van der Waals surface area contributed by atoms with Crippen LogP contribution in [0.5, 0.6) is 0 Å². The molecule has 1 heterocycles. The second kappa shape index (κ2) is 7.02. The Balaban J connectivity index is 2.16. The molecular formula is C13H23NS. The molecule has 0 aliphatic rings. The van der Waals surface area contributed by atoms with Gasteiger partial charge in [0.15, 0.2) is 0 Å². The lowest BCUT2D eigenvalue weighted by Gasteiger charge is -2.09. The molecule has 2 N–H and O–H groups in total. The molecule has 15 heavy (non-hydrogen) atoms. The smallest absolute Gasteiger partial charge is 0.0303 e. The van der Waals surface area contributed by atoms with Crippen LogP contribution in [0.4, 0.5) is 0 Å². The molecule has 0 radical (unpaired) electrons. The Labute approximate surface area is 97.7 Å². The summed E-state index contributed by atoms with van der Waals surface area (Å²) in [6.07, 6.45) is 7.80. The Morgan fingerprint density at radius 1 is 1.27 bits per heavy atom. The van der Waals surface area contributed by atoms with Gasteiger partial charge in [0.2, 0.25) is 0 Å². The maximum atomic E-state index is 6.13. The molecule has 0 aliphatic heterocycles. The molecule has 1 aromatic heterocycles. The molecule has 0 amide bonds. The molecule has 86 valence electrons. The monoisotopic (exact) mass is 225 g/mol. The summed E-state index contributed by atoms with van der Waals surface area (Å²) in [5.41, 5.74) is 7.46. The van der Waals surface area contributed by atoms with Crippen LogP contribution >= 0.6 is 11.3 Å². The fourth-order valence-corrected chi connectivity index (χ4v) is 2.56. The number of unbranched alkanes of at least 4 members (excludes halogenated alkanes) is 4. The molecule has 1 atom stereocenters. The topological polar surface area (TPSA) is 26.0 Å². The van der Waals surface area contributed by atoms with Crippen molar-refractivity contribution in [2.45, 2.75) is 58.4 Å². The van der Waals surface area contributed by atoms with Crippen molar-refractivity contribution in [3.63, 3.8) is 0 Å². The molecular weight excluding hydrogens is 202 g/mol. The zero-order chi connectivity index (χ0) is 11.1. The first kappa shape index (κ1) is 12.7. The Bertz CT molecular complexity index is 267. The lowest BCUT2D eigenvalue weighted by atomic mass is 10.0. The average Bonchev–Trinajstić information content (AvgIpc) is 2.64. The zero-order valence-electron chi connectivity index (χ0n) is 9.96. The normalized spacial score (nSPS) is 13.0. The van der Waals surface area contributed by atoms with Crippen LogP contribution in [0.15, 0.2) is 11.4 Å². The first-order valence-corrected chi connectivity index (χ1v) is 6.92. The van der Waals surface area contributed by atoms with Crippen molar-refractivity contribution in [3.8, 4) is 0 Å². The van der Waals surface area contributed by atoms with E-state index in [4.69, 9.17) is 5.73 Å². The summed E-state index contributed by atoms with van der Waals surface area (Å²) in [5.74, 6) is 0. The highest BCUT2D eigenvalue weighted by Crippen LogP contribution is 2.22. The quantitative estimate of drug-likeness (QED) is 0.683. The summed E-state index contributed by atoms with van der Waals surface area (Å²) < 4.78 is 0. The van der Waals surface area contributed by atoms with Crippen molar-refractivity contribution in [2.75, 3.05) is 0 Å². The van der Waals surface area contributed by atoms with Crippen LogP contribution in [-0.4, -0.2) is 0 Å². The highest BCUT2D eigenvalue weighted by atomic mass is 32.1. The van der Waals surface area contributed by atoms with E-state index >= 15 is 0 Å². The molecule has 2 heteroatoms. The van der Waals surface area contributed by atoms with Crippen molar-refractivity contribution in [1.29, 1.82) is 0 Å². The van der Waals surface area contributed by atoms with Gasteiger partial charge in [-0.2, -0.15) is 0 Å². The molecule has 1 rings (SSSR count). The van der Waals surface area contributed by atoms with Gasteiger partial charge in [-0.3, -0.25) is 0 Å². The number of thiophene rings is 1. The maximum absolute atomic E-state index is 6.13. The van der Waals surface area contributed by atoms with Gasteiger partial charge in [0.1, 0.15) is 0 Å². The minimum absolute atomic E-state index is 0.261. The van der Waals surface area contributed by atoms with Crippen LogP contribution < -0.4 is 5.73 Å². The molecule has 0 fully saturated rings. The maximum Gasteiger partial charge on any atom is 0.0303 e. The van der Waals surface area contributed by atoms with E-state index in [2.05, 4.69) is 25.3 Å². The predicted molar refractivity (Wildman–Crippen MR) is 69.4 cm³/mol. The van der Waals surface area contributed by atoms with Gasteiger partial charge >= 0.3 is 0 Å². The summed E-state index contributed by atoms with van der Waals surface area (Å²) >= 11 is 1.80. The third-order valence-electron chi connectivity index (χ3n) is 2.80. The number of rotatable bonds is 7. The van der Waals surface area contributed by atoms with Crippen molar-refractivity contribution in [1.82, 2.24) is 0 Å². The van der Waals surface area contributed by atoms with Crippen molar-refractivity contribution in [3.05, 3.63) is 21.9 Å². The first-order valence-electron chi connectivity index (χ1n) is 6.04. The highest BCUT2D eigenvalue weighted by molar-refractivity contribution is 7.10. The predicted octanol–water partition coefficient (Wildman–Crippen LogP) is 4.42. The van der Waals surface area contributed by atoms with Gasteiger partial charge in [0.25, 0.3) is 0 Å². The highest BCUT2D eigenvalue weighted by Gasteiger charge is 2.06. The van der Waals surface area contributed by atoms with Gasteiger partial charge in [-0.25, -0.2) is 0 Å². The Kier molecular flexibility index (Phi) is 5.96. The zero-order valence-corrected chi connectivity index (χ0v) is 10.8. The molecule has 1 aromatic rings. The third kappa shape index (κ3) is 4.80. The number of nitrogens with two attached hydrogens (primary N) is 1. The summed E-state index contributed by atoms with van der Waals surface area (Å²) in [6, 6.07) is 2.48. The van der Waals surface area contributed by atoms with E-state index in [9.17, 15) is 0 Å². The van der Waals surface area contributed by atoms with E-state index in [1.54, 1.807) is 11.3 Å². The van der Waals surface area contributed by atoms with Crippen molar-refractivity contribution < 1.29 is 0 Å². The second-order valence-corrected chi connectivity index (χ2v) is 5.42. The van der Waals surface area contributed by atoms with Gasteiger partial charge in [-0.15, -0.1) is 11.3 Å². The summed E-state index contributed by atoms with van der Waals surface area (Å²) in [4.78, 5) is 1.37. The number of hydrogen-bond acceptors (Lipinski definition) is 2. The van der Waals surface area contributed by atoms with E-state index in [0.717, 1.165) is 6.42 Å². The molecule has 0 spiro atoms. The van der Waals surface area contributed by atoms with Crippen LogP contribution in [0.3, 0.4) is 0 Å². The van der Waals surface area contributed by atoms with Crippen molar-refractivity contribution >= 4 is 11.3 Å². The lowest BCUT2D eigenvalue weighted by molar-refractivity contribution is 0.556. The summed E-state index contributed by atoms with van der Waals surface area (Å²) in [5, 5.41) is 2.20. The van der Waals surface area contributed by atoms with E-state index in [1.165, 1.54) is 42.5 Å². The minimum atomic E-state index is 0.261. The van der Waals surface area contributed by atoms with Crippen molar-refractivity contribution in [2.24, 2.45) is 5.73 Å². The fraction of sp³-hybridized carbons (Fsp3) is 0.692. The van der Waals surface area contributed by atoms with Crippen LogP contribution in [0.25, 0.3) is 0 Å². The van der Waals surface area contributed by atoms with Gasteiger partial charge < -0.3 is 5.73 Å². The van der Waals surface area contributed by atoms with Gasteiger partial charge in [0, 0.05) is 10.9 Å². The summed E-state index contributed by atoms with van der Waals surface area (Å²) in [7, 11) is 0. The Morgan fingerprint density at radius 3 is 2.60 bits per heavy atom. The van der Waals surface area contributed by atoms with E-state index in [1.807, 2.05) is 0 Å². The molecule has 0 saturated carbocycles. The van der Waals surface area contributed by atoms with Crippen LogP contribution in [-0.2, 0) is 0 Å². The third-order valence-corrected chi connectivity index (χ3v) is 3.68. The van der Waals surface area contributed by atoms with E-state index in [-0.39, 0.29) is 6.04 Å². The molecule has 0 bridgehead atoms. The van der Waals surface area contributed by atoms with Gasteiger partial charge in [-0.05, 0) is 30.4 Å². The van der Waals surface area contributed by atoms with E-state index in [0.29, 0.717) is 0 Å². The number of aryl methyl sites for hydroxylation is 1. The standard InChI is InChI=1S/C13H23NS/c1-3-4-5-6-7-8-13(14)12-9-11(2)15-10-12/h9-10,13H,3-8,14H2,1-2H3. The fourth-order valence-electron chi connectivity index (χ4n) is 1.79. The second-order valence-electron chi connectivity index (χ2n) is 4.30. The molecule has 1 nitrogen and oxygen atoms in total. The van der Waals surface area contributed by atoms with Gasteiger partial charge in [0.05, 0.1) is 0 Å². The molecule has 0 saturated heterocycles. The molecule has 1 unspecified atom stereocenters. The van der Waals surface area contributed by atoms with Crippen LogP contribution in [0.2, 0.25) is 0 Å². The molecule has 0 aromatic carbocycles. The number of hydrogen-bond donors (Lipinski definition) is 1. The Morgan fingerprint density at radius 2 is 2.00 bits per heavy atom.